The third kappa shape index (κ3) is 4.07. The number of carbonyl (C=O) groups excluding carboxylic acids is 2. The fourth-order valence-corrected chi connectivity index (χ4v) is 3.87. The van der Waals surface area contributed by atoms with E-state index in [0.29, 0.717) is 31.9 Å². The smallest absolute Gasteiger partial charge is 0.233 e. The Bertz CT molecular complexity index is 769. The Labute approximate surface area is 157 Å². The number of hydrogen-bond acceptors (Lipinski definition) is 5. The first-order valence-corrected chi connectivity index (χ1v) is 9.73. The highest BCUT2D eigenvalue weighted by Crippen LogP contribution is 2.24. The first-order chi connectivity index (χ1) is 12.6. The van der Waals surface area contributed by atoms with Crippen LogP contribution in [0.1, 0.15) is 13.8 Å². The zero-order valence-corrected chi connectivity index (χ0v) is 15.9. The van der Waals surface area contributed by atoms with Crippen LogP contribution in [0.4, 0.5) is 0 Å². The molecular formula is C18H23N5O2S. The number of piperazine rings is 1. The Morgan fingerprint density at radius 3 is 2.31 bits per heavy atom. The van der Waals surface area contributed by atoms with Gasteiger partial charge in [0.15, 0.2) is 11.0 Å². The molecule has 26 heavy (non-hydrogen) atoms. The van der Waals surface area contributed by atoms with Gasteiger partial charge in [-0.1, -0.05) is 42.1 Å². The lowest BCUT2D eigenvalue weighted by molar-refractivity contribution is -0.136. The summed E-state index contributed by atoms with van der Waals surface area (Å²) in [5.41, 5.74) is 1.01. The van der Waals surface area contributed by atoms with Crippen molar-refractivity contribution in [2.45, 2.75) is 25.5 Å². The van der Waals surface area contributed by atoms with E-state index in [4.69, 9.17) is 0 Å². The van der Waals surface area contributed by atoms with Crippen LogP contribution in [0.2, 0.25) is 0 Å². The van der Waals surface area contributed by atoms with Gasteiger partial charge in [0, 0.05) is 45.2 Å². The Kier molecular flexibility index (Phi) is 5.92. The van der Waals surface area contributed by atoms with Crippen molar-refractivity contribution in [2.24, 2.45) is 0 Å². The Morgan fingerprint density at radius 1 is 1.04 bits per heavy atom. The molecular weight excluding hydrogens is 350 g/mol. The predicted molar refractivity (Wildman–Crippen MR) is 101 cm³/mol. The largest absolute Gasteiger partial charge is 0.339 e. The van der Waals surface area contributed by atoms with E-state index in [0.717, 1.165) is 23.1 Å². The highest BCUT2D eigenvalue weighted by molar-refractivity contribution is 7.99. The molecule has 0 bridgehead atoms. The highest BCUT2D eigenvalue weighted by atomic mass is 32.2. The summed E-state index contributed by atoms with van der Waals surface area (Å²) >= 11 is 1.41. The Hall–Kier alpha value is -2.35. The van der Waals surface area contributed by atoms with Crippen LogP contribution >= 0.6 is 11.8 Å². The molecule has 0 aliphatic carbocycles. The molecule has 0 spiro atoms. The summed E-state index contributed by atoms with van der Waals surface area (Å²) in [4.78, 5) is 27.4. The molecule has 138 valence electrons. The summed E-state index contributed by atoms with van der Waals surface area (Å²) < 4.78 is 2.03. The third-order valence-electron chi connectivity index (χ3n) is 4.47. The summed E-state index contributed by atoms with van der Waals surface area (Å²) in [5, 5.41) is 9.32. The number of aromatic nitrogens is 3. The van der Waals surface area contributed by atoms with E-state index in [1.54, 1.807) is 11.8 Å². The van der Waals surface area contributed by atoms with Gasteiger partial charge < -0.3 is 14.4 Å². The van der Waals surface area contributed by atoms with E-state index in [2.05, 4.69) is 10.2 Å². The normalized spacial score (nSPS) is 14.5. The molecule has 0 unspecified atom stereocenters. The number of nitrogens with zero attached hydrogens (tertiary/aromatic N) is 5. The predicted octanol–water partition coefficient (Wildman–Crippen LogP) is 1.75. The van der Waals surface area contributed by atoms with E-state index >= 15 is 0 Å². The molecule has 1 saturated heterocycles. The maximum Gasteiger partial charge on any atom is 0.233 e. The maximum atomic E-state index is 12.5. The van der Waals surface area contributed by atoms with Gasteiger partial charge in [0.25, 0.3) is 0 Å². The average molecular weight is 373 g/mol. The first kappa shape index (κ1) is 18.4. The van der Waals surface area contributed by atoms with Gasteiger partial charge in [-0.25, -0.2) is 0 Å². The fourth-order valence-electron chi connectivity index (χ4n) is 2.97. The minimum atomic E-state index is 0.0657. The van der Waals surface area contributed by atoms with Crippen molar-refractivity contribution in [1.29, 1.82) is 0 Å². The van der Waals surface area contributed by atoms with E-state index in [1.165, 1.54) is 11.8 Å². The van der Waals surface area contributed by atoms with Crippen LogP contribution < -0.4 is 0 Å². The summed E-state index contributed by atoms with van der Waals surface area (Å²) in [7, 11) is 0. The quantitative estimate of drug-likeness (QED) is 0.747. The molecule has 1 aromatic heterocycles. The molecule has 1 fully saturated rings. The number of amides is 2. The summed E-state index contributed by atoms with van der Waals surface area (Å²) in [6, 6.07) is 9.92. The van der Waals surface area contributed by atoms with Crippen LogP contribution in [0.15, 0.2) is 35.5 Å². The van der Waals surface area contributed by atoms with E-state index in [9.17, 15) is 9.59 Å². The second-order valence-electron chi connectivity index (χ2n) is 6.09. The SMILES string of the molecule is CCn1c(SCC(=O)N2CCN(C(C)=O)CC2)nnc1-c1ccccc1. The molecule has 1 aromatic carbocycles. The van der Waals surface area contributed by atoms with Crippen molar-refractivity contribution in [3.8, 4) is 11.4 Å². The van der Waals surface area contributed by atoms with Gasteiger partial charge in [-0.2, -0.15) is 0 Å². The van der Waals surface area contributed by atoms with E-state index < -0.39 is 0 Å². The van der Waals surface area contributed by atoms with Gasteiger partial charge in [0.2, 0.25) is 11.8 Å². The van der Waals surface area contributed by atoms with E-state index in [1.807, 2.05) is 46.7 Å². The zero-order chi connectivity index (χ0) is 18.5. The number of thioether (sulfide) groups is 1. The van der Waals surface area contributed by atoms with Crippen LogP contribution in [0.3, 0.4) is 0 Å². The molecule has 0 radical (unpaired) electrons. The van der Waals surface area contributed by atoms with E-state index in [-0.39, 0.29) is 11.8 Å². The molecule has 7 nitrogen and oxygen atoms in total. The molecule has 8 heteroatoms. The fraction of sp³-hybridized carbons (Fsp3) is 0.444. The lowest BCUT2D eigenvalue weighted by Gasteiger charge is -2.34. The van der Waals surface area contributed by atoms with Crippen molar-refractivity contribution in [3.63, 3.8) is 0 Å². The van der Waals surface area contributed by atoms with Crippen molar-refractivity contribution in [1.82, 2.24) is 24.6 Å². The van der Waals surface area contributed by atoms with Gasteiger partial charge in [-0.05, 0) is 6.92 Å². The molecule has 0 atom stereocenters. The molecule has 1 aliphatic heterocycles. The number of hydrogen-bond donors (Lipinski definition) is 0. The number of benzene rings is 1. The highest BCUT2D eigenvalue weighted by Gasteiger charge is 2.23. The summed E-state index contributed by atoms with van der Waals surface area (Å²) in [6.07, 6.45) is 0. The summed E-state index contributed by atoms with van der Waals surface area (Å²) in [6.45, 7) is 6.75. The lowest BCUT2D eigenvalue weighted by atomic mass is 10.2. The summed E-state index contributed by atoms with van der Waals surface area (Å²) in [5.74, 6) is 1.28. The van der Waals surface area contributed by atoms with Gasteiger partial charge in [0.05, 0.1) is 5.75 Å². The number of rotatable bonds is 5. The third-order valence-corrected chi connectivity index (χ3v) is 5.42. The van der Waals surface area contributed by atoms with Crippen molar-refractivity contribution in [2.75, 3.05) is 31.9 Å². The monoisotopic (exact) mass is 373 g/mol. The second kappa shape index (κ2) is 8.35. The zero-order valence-electron chi connectivity index (χ0n) is 15.1. The Morgan fingerprint density at radius 2 is 1.69 bits per heavy atom. The molecule has 3 rings (SSSR count). The van der Waals surface area contributed by atoms with Crippen LogP contribution in [-0.4, -0.2) is 68.3 Å². The van der Waals surface area contributed by atoms with Gasteiger partial charge in [0.1, 0.15) is 0 Å². The van der Waals surface area contributed by atoms with Gasteiger partial charge in [-0.3, -0.25) is 9.59 Å². The van der Waals surface area contributed by atoms with Crippen LogP contribution in [0.25, 0.3) is 11.4 Å². The molecule has 0 saturated carbocycles. The van der Waals surface area contributed by atoms with Crippen LogP contribution in [0.5, 0.6) is 0 Å². The maximum absolute atomic E-state index is 12.5. The van der Waals surface area contributed by atoms with Crippen LogP contribution in [0, 0.1) is 0 Å². The molecule has 0 N–H and O–H groups in total. The second-order valence-corrected chi connectivity index (χ2v) is 7.03. The average Bonchev–Trinajstić information content (AvgIpc) is 3.09. The standard InChI is InChI=1S/C18H23N5O2S/c1-3-23-17(15-7-5-4-6-8-15)19-20-18(23)26-13-16(25)22-11-9-21(10-12-22)14(2)24/h4-8H,3,9-13H2,1-2H3. The minimum Gasteiger partial charge on any atom is -0.339 e. The molecule has 1 aliphatic rings. The topological polar surface area (TPSA) is 71.3 Å². The molecule has 2 amide bonds. The minimum absolute atomic E-state index is 0.0657. The Balaban J connectivity index is 1.61. The molecule has 2 heterocycles. The van der Waals surface area contributed by atoms with Crippen molar-refractivity contribution < 1.29 is 9.59 Å². The van der Waals surface area contributed by atoms with Crippen molar-refractivity contribution in [3.05, 3.63) is 30.3 Å². The van der Waals surface area contributed by atoms with Crippen LogP contribution in [-0.2, 0) is 16.1 Å². The lowest BCUT2D eigenvalue weighted by Crippen LogP contribution is -2.50. The molecule has 2 aromatic rings. The first-order valence-electron chi connectivity index (χ1n) is 8.75. The van der Waals surface area contributed by atoms with Gasteiger partial charge in [-0.15, -0.1) is 10.2 Å². The van der Waals surface area contributed by atoms with Gasteiger partial charge >= 0.3 is 0 Å². The number of carbonyl (C=O) groups is 2. The van der Waals surface area contributed by atoms with Crippen molar-refractivity contribution >= 4 is 23.6 Å².